The van der Waals surface area contributed by atoms with Crippen molar-refractivity contribution < 1.29 is 14.6 Å². The summed E-state index contributed by atoms with van der Waals surface area (Å²) in [7, 11) is 0. The molecule has 1 aliphatic rings. The fraction of sp³-hybridized carbons (Fsp3) is 0.923. The Morgan fingerprint density at radius 3 is 2.71 bits per heavy atom. The van der Waals surface area contributed by atoms with Crippen LogP contribution >= 0.6 is 0 Å². The summed E-state index contributed by atoms with van der Waals surface area (Å²) in [5.74, 6) is -0.763. The van der Waals surface area contributed by atoms with Crippen molar-refractivity contribution >= 4 is 5.97 Å². The lowest BCUT2D eigenvalue weighted by molar-refractivity contribution is -0.146. The highest BCUT2D eigenvalue weighted by molar-refractivity contribution is 5.68. The molecule has 0 aromatic carbocycles. The summed E-state index contributed by atoms with van der Waals surface area (Å²) in [5, 5.41) is 9.11. The lowest BCUT2D eigenvalue weighted by atomic mass is 9.63. The first-order valence-corrected chi connectivity index (χ1v) is 6.43. The summed E-state index contributed by atoms with van der Waals surface area (Å²) in [6.45, 7) is 6.61. The minimum atomic E-state index is -0.763. The molecule has 2 unspecified atom stereocenters. The third kappa shape index (κ3) is 3.42. The highest BCUT2D eigenvalue weighted by Crippen LogP contribution is 2.45. The predicted molar refractivity (Wildman–Crippen MR) is 66.8 cm³/mol. The molecule has 4 nitrogen and oxygen atoms in total. The average molecular weight is 243 g/mol. The zero-order chi connectivity index (χ0) is 13.1. The smallest absolute Gasteiger partial charge is 0.303 e. The van der Waals surface area contributed by atoms with Crippen LogP contribution in [-0.4, -0.2) is 29.3 Å². The van der Waals surface area contributed by atoms with E-state index in [1.165, 1.54) is 0 Å². The van der Waals surface area contributed by atoms with Gasteiger partial charge in [-0.25, -0.2) is 0 Å². The fourth-order valence-corrected chi connectivity index (χ4v) is 2.79. The standard InChI is InChI=1S/C13H25NO3/c1-4-5-10-8-13(6-7-17-10,9-11(15)16)12(2,3)14/h10H,4-9,14H2,1-3H3,(H,15,16). The molecule has 100 valence electrons. The molecule has 0 spiro atoms. The Morgan fingerprint density at radius 2 is 2.24 bits per heavy atom. The van der Waals surface area contributed by atoms with E-state index in [1.807, 2.05) is 13.8 Å². The number of carboxylic acids is 1. The summed E-state index contributed by atoms with van der Waals surface area (Å²) in [6, 6.07) is 0. The number of ether oxygens (including phenoxy) is 1. The number of carbonyl (C=O) groups is 1. The highest BCUT2D eigenvalue weighted by Gasteiger charge is 2.47. The molecule has 0 aromatic rings. The fourth-order valence-electron chi connectivity index (χ4n) is 2.79. The molecule has 3 N–H and O–H groups in total. The second-order valence-electron chi connectivity index (χ2n) is 5.81. The molecule has 1 fully saturated rings. The molecule has 17 heavy (non-hydrogen) atoms. The Balaban J connectivity index is 2.86. The van der Waals surface area contributed by atoms with Gasteiger partial charge in [0, 0.05) is 17.6 Å². The number of rotatable bonds is 5. The molecule has 0 saturated carbocycles. The quantitative estimate of drug-likeness (QED) is 0.776. The van der Waals surface area contributed by atoms with E-state index < -0.39 is 11.5 Å². The van der Waals surface area contributed by atoms with Crippen LogP contribution in [0.5, 0.6) is 0 Å². The van der Waals surface area contributed by atoms with Crippen LogP contribution in [0, 0.1) is 5.41 Å². The Bertz CT molecular complexity index is 270. The highest BCUT2D eigenvalue weighted by atomic mass is 16.5. The van der Waals surface area contributed by atoms with E-state index in [9.17, 15) is 4.79 Å². The Hall–Kier alpha value is -0.610. The maximum atomic E-state index is 11.1. The molecule has 1 saturated heterocycles. The van der Waals surface area contributed by atoms with Crippen LogP contribution in [0.4, 0.5) is 0 Å². The van der Waals surface area contributed by atoms with Gasteiger partial charge in [0.05, 0.1) is 12.5 Å². The normalized spacial score (nSPS) is 30.2. The second-order valence-corrected chi connectivity index (χ2v) is 5.81. The van der Waals surface area contributed by atoms with Gasteiger partial charge in [0.25, 0.3) is 0 Å². The van der Waals surface area contributed by atoms with Gasteiger partial charge < -0.3 is 15.6 Å². The van der Waals surface area contributed by atoms with Crippen molar-refractivity contribution in [1.82, 2.24) is 0 Å². The predicted octanol–water partition coefficient (Wildman–Crippen LogP) is 2.16. The minimum absolute atomic E-state index is 0.139. The van der Waals surface area contributed by atoms with Gasteiger partial charge in [-0.2, -0.15) is 0 Å². The topological polar surface area (TPSA) is 72.5 Å². The number of hydrogen-bond acceptors (Lipinski definition) is 3. The van der Waals surface area contributed by atoms with Crippen molar-refractivity contribution in [2.24, 2.45) is 11.1 Å². The monoisotopic (exact) mass is 243 g/mol. The van der Waals surface area contributed by atoms with Crippen molar-refractivity contribution in [3.8, 4) is 0 Å². The molecular formula is C13H25NO3. The molecule has 1 heterocycles. The van der Waals surface area contributed by atoms with Crippen molar-refractivity contribution in [3.63, 3.8) is 0 Å². The average Bonchev–Trinajstić information content (AvgIpc) is 2.15. The van der Waals surface area contributed by atoms with E-state index in [1.54, 1.807) is 0 Å². The van der Waals surface area contributed by atoms with E-state index in [0.717, 1.165) is 25.7 Å². The zero-order valence-electron chi connectivity index (χ0n) is 11.2. The molecule has 2 atom stereocenters. The number of carboxylic acid groups (broad SMARTS) is 1. The summed E-state index contributed by atoms with van der Waals surface area (Å²) in [6.07, 6.45) is 3.84. The van der Waals surface area contributed by atoms with Crippen molar-refractivity contribution in [1.29, 1.82) is 0 Å². The summed E-state index contributed by atoms with van der Waals surface area (Å²) < 4.78 is 5.70. The van der Waals surface area contributed by atoms with E-state index in [2.05, 4.69) is 6.92 Å². The first-order valence-electron chi connectivity index (χ1n) is 6.43. The largest absolute Gasteiger partial charge is 0.481 e. The number of aliphatic carboxylic acids is 1. The Morgan fingerprint density at radius 1 is 1.59 bits per heavy atom. The molecule has 1 aliphatic heterocycles. The SMILES string of the molecule is CCCC1CC(CC(=O)O)(C(C)(C)N)CCO1. The lowest BCUT2D eigenvalue weighted by Crippen LogP contribution is -2.55. The molecule has 0 amide bonds. The van der Waals surface area contributed by atoms with E-state index in [-0.39, 0.29) is 17.9 Å². The third-order valence-corrected chi connectivity index (χ3v) is 4.02. The summed E-state index contributed by atoms with van der Waals surface area (Å²) >= 11 is 0. The van der Waals surface area contributed by atoms with E-state index in [0.29, 0.717) is 6.61 Å². The maximum Gasteiger partial charge on any atom is 0.303 e. The molecule has 4 heteroatoms. The Kier molecular flexibility index (Phi) is 4.55. The van der Waals surface area contributed by atoms with E-state index in [4.69, 9.17) is 15.6 Å². The molecule has 0 bridgehead atoms. The first kappa shape index (κ1) is 14.5. The summed E-state index contributed by atoms with van der Waals surface area (Å²) in [4.78, 5) is 11.1. The van der Waals surface area contributed by atoms with Gasteiger partial charge in [-0.3, -0.25) is 4.79 Å². The number of hydrogen-bond donors (Lipinski definition) is 2. The van der Waals surface area contributed by atoms with Gasteiger partial charge in [0.15, 0.2) is 0 Å². The van der Waals surface area contributed by atoms with Crippen LogP contribution in [0.3, 0.4) is 0 Å². The second kappa shape index (κ2) is 5.36. The van der Waals surface area contributed by atoms with Gasteiger partial charge in [0.1, 0.15) is 0 Å². The molecule has 0 aliphatic carbocycles. The third-order valence-electron chi connectivity index (χ3n) is 4.02. The first-order chi connectivity index (χ1) is 7.81. The zero-order valence-corrected chi connectivity index (χ0v) is 11.2. The lowest BCUT2D eigenvalue weighted by Gasteiger charge is -2.48. The molecule has 0 radical (unpaired) electrons. The molecule has 1 rings (SSSR count). The van der Waals surface area contributed by atoms with Crippen molar-refractivity contribution in [2.75, 3.05) is 6.61 Å². The van der Waals surface area contributed by atoms with Gasteiger partial charge in [-0.05, 0) is 33.1 Å². The van der Waals surface area contributed by atoms with Crippen molar-refractivity contribution in [2.45, 2.75) is 64.5 Å². The van der Waals surface area contributed by atoms with Gasteiger partial charge in [-0.15, -0.1) is 0 Å². The van der Waals surface area contributed by atoms with Crippen LogP contribution in [0.15, 0.2) is 0 Å². The van der Waals surface area contributed by atoms with Crippen LogP contribution in [0.25, 0.3) is 0 Å². The van der Waals surface area contributed by atoms with Gasteiger partial charge in [-0.1, -0.05) is 13.3 Å². The van der Waals surface area contributed by atoms with Crippen LogP contribution in [0.1, 0.15) is 52.9 Å². The van der Waals surface area contributed by atoms with E-state index >= 15 is 0 Å². The molecule has 0 aromatic heterocycles. The van der Waals surface area contributed by atoms with Crippen molar-refractivity contribution in [3.05, 3.63) is 0 Å². The summed E-state index contributed by atoms with van der Waals surface area (Å²) in [5.41, 5.74) is 5.41. The molecular weight excluding hydrogens is 218 g/mol. The number of nitrogens with two attached hydrogens (primary N) is 1. The maximum absolute atomic E-state index is 11.1. The van der Waals surface area contributed by atoms with Crippen LogP contribution in [0.2, 0.25) is 0 Å². The minimum Gasteiger partial charge on any atom is -0.481 e. The van der Waals surface area contributed by atoms with Crippen LogP contribution < -0.4 is 5.73 Å². The van der Waals surface area contributed by atoms with Gasteiger partial charge >= 0.3 is 5.97 Å². The Labute approximate surface area is 104 Å². The van der Waals surface area contributed by atoms with Crippen LogP contribution in [-0.2, 0) is 9.53 Å². The van der Waals surface area contributed by atoms with Gasteiger partial charge in [0.2, 0.25) is 0 Å².